The summed E-state index contributed by atoms with van der Waals surface area (Å²) >= 11 is 0. The average molecular weight is 217 g/mol. The molecule has 1 aliphatic rings. The zero-order valence-corrected chi connectivity index (χ0v) is 9.01. The Balaban J connectivity index is 2.42. The number of rotatable bonds is 3. The molecular weight excluding hydrogens is 200 g/mol. The molecule has 1 rings (SSSR count). The Hall–Kier alpha value is -0.930. The highest BCUT2D eigenvalue weighted by Gasteiger charge is 2.25. The van der Waals surface area contributed by atoms with Crippen molar-refractivity contribution in [2.45, 2.75) is 32.6 Å². The molecule has 0 saturated carbocycles. The molecule has 1 fully saturated rings. The molecule has 0 aromatic carbocycles. The summed E-state index contributed by atoms with van der Waals surface area (Å²) in [6.45, 7) is 6.67. The predicted molar refractivity (Wildman–Crippen MR) is 54.7 cm³/mol. The third-order valence-corrected chi connectivity index (χ3v) is 2.74. The number of hydrogen-bond donors (Lipinski definition) is 0. The molecule has 0 spiro atoms. The fourth-order valence-electron chi connectivity index (χ4n) is 1.72. The molecule has 0 radical (unpaired) electrons. The number of nitrogens with zero attached hydrogens (tertiary/aromatic N) is 1. The van der Waals surface area contributed by atoms with Gasteiger partial charge >= 0.3 is 0 Å². The Kier molecular flexibility index (Phi) is 4.24. The summed E-state index contributed by atoms with van der Waals surface area (Å²) in [5, 5.41) is 0. The van der Waals surface area contributed by atoms with Gasteiger partial charge in [-0.2, -0.15) is 0 Å². The molecule has 0 N–H and O–H groups in total. The molecule has 1 heterocycles. The van der Waals surface area contributed by atoms with Gasteiger partial charge in [0.1, 0.15) is 0 Å². The van der Waals surface area contributed by atoms with E-state index in [2.05, 4.69) is 6.58 Å². The van der Waals surface area contributed by atoms with Crippen LogP contribution in [-0.2, 0) is 4.79 Å². The van der Waals surface area contributed by atoms with Crippen molar-refractivity contribution in [2.75, 3.05) is 13.1 Å². The number of carbonyl (C=O) groups is 1. The zero-order valence-electron chi connectivity index (χ0n) is 9.01. The van der Waals surface area contributed by atoms with E-state index in [1.54, 1.807) is 11.8 Å². The molecule has 4 heteroatoms. The van der Waals surface area contributed by atoms with Gasteiger partial charge < -0.3 is 4.90 Å². The fourth-order valence-corrected chi connectivity index (χ4v) is 1.72. The van der Waals surface area contributed by atoms with Crippen LogP contribution in [0.4, 0.5) is 8.78 Å². The first-order valence-corrected chi connectivity index (χ1v) is 5.24. The Morgan fingerprint density at radius 2 is 2.00 bits per heavy atom. The van der Waals surface area contributed by atoms with Crippen molar-refractivity contribution in [2.24, 2.45) is 5.92 Å². The molecule has 1 unspecified atom stereocenters. The van der Waals surface area contributed by atoms with Crippen LogP contribution in [0.25, 0.3) is 0 Å². The topological polar surface area (TPSA) is 20.3 Å². The van der Waals surface area contributed by atoms with Crippen molar-refractivity contribution in [3.05, 3.63) is 12.2 Å². The number of carbonyl (C=O) groups excluding carboxylic acids is 1. The Bertz CT molecular complexity index is 243. The first-order valence-electron chi connectivity index (χ1n) is 5.24. The molecule has 15 heavy (non-hydrogen) atoms. The highest BCUT2D eigenvalue weighted by atomic mass is 19.3. The average Bonchev–Trinajstić information content (AvgIpc) is 2.17. The van der Waals surface area contributed by atoms with Crippen molar-refractivity contribution in [1.82, 2.24) is 4.90 Å². The molecule has 0 aromatic rings. The van der Waals surface area contributed by atoms with E-state index in [0.717, 1.165) is 18.4 Å². The van der Waals surface area contributed by atoms with Crippen LogP contribution in [0, 0.1) is 5.92 Å². The summed E-state index contributed by atoms with van der Waals surface area (Å²) < 4.78 is 24.2. The molecule has 1 saturated heterocycles. The summed E-state index contributed by atoms with van der Waals surface area (Å²) in [6.07, 6.45) is -1.14. The van der Waals surface area contributed by atoms with Gasteiger partial charge in [-0.1, -0.05) is 19.1 Å². The Morgan fingerprint density at radius 3 is 2.47 bits per heavy atom. The number of hydrogen-bond acceptors (Lipinski definition) is 1. The first-order chi connectivity index (χ1) is 7.00. The van der Waals surface area contributed by atoms with Gasteiger partial charge in [0.05, 0.1) is 0 Å². The van der Waals surface area contributed by atoms with Gasteiger partial charge in [-0.15, -0.1) is 0 Å². The van der Waals surface area contributed by atoms with Crippen LogP contribution < -0.4 is 0 Å². The van der Waals surface area contributed by atoms with Crippen LogP contribution in [0.2, 0.25) is 0 Å². The molecule has 86 valence electrons. The summed E-state index contributed by atoms with van der Waals surface area (Å²) in [6, 6.07) is 0. The van der Waals surface area contributed by atoms with Crippen LogP contribution in [0.1, 0.15) is 26.2 Å². The van der Waals surface area contributed by atoms with E-state index in [9.17, 15) is 13.6 Å². The van der Waals surface area contributed by atoms with Crippen molar-refractivity contribution in [3.8, 4) is 0 Å². The standard InChI is InChI=1S/C11H17F2NO/c1-8-3-5-14(6-4-8)11(15)9(2)7-10(12)13/h9-10H,1,3-7H2,2H3. The molecule has 1 aliphatic heterocycles. The van der Waals surface area contributed by atoms with E-state index in [1.165, 1.54) is 0 Å². The normalized spacial score (nSPS) is 19.5. The number of halogens is 2. The summed E-state index contributed by atoms with van der Waals surface area (Å²) in [4.78, 5) is 13.4. The van der Waals surface area contributed by atoms with E-state index in [-0.39, 0.29) is 12.3 Å². The van der Waals surface area contributed by atoms with Crippen LogP contribution in [0.3, 0.4) is 0 Å². The summed E-state index contributed by atoms with van der Waals surface area (Å²) in [5.41, 5.74) is 1.14. The van der Waals surface area contributed by atoms with E-state index < -0.39 is 12.3 Å². The van der Waals surface area contributed by atoms with Gasteiger partial charge in [0.15, 0.2) is 0 Å². The molecular formula is C11H17F2NO. The quantitative estimate of drug-likeness (QED) is 0.665. The van der Waals surface area contributed by atoms with Crippen molar-refractivity contribution < 1.29 is 13.6 Å². The second-order valence-electron chi connectivity index (χ2n) is 4.10. The summed E-state index contributed by atoms with van der Waals surface area (Å²) in [5.74, 6) is -0.723. The minimum atomic E-state index is -2.40. The van der Waals surface area contributed by atoms with Crippen LogP contribution >= 0.6 is 0 Å². The van der Waals surface area contributed by atoms with Crippen molar-refractivity contribution >= 4 is 5.91 Å². The minimum Gasteiger partial charge on any atom is -0.342 e. The third kappa shape index (κ3) is 3.61. The second-order valence-corrected chi connectivity index (χ2v) is 4.10. The molecule has 1 atom stereocenters. The van der Waals surface area contributed by atoms with Crippen LogP contribution in [0.15, 0.2) is 12.2 Å². The van der Waals surface area contributed by atoms with E-state index in [1.807, 2.05) is 0 Å². The maximum Gasteiger partial charge on any atom is 0.239 e. The molecule has 1 amide bonds. The van der Waals surface area contributed by atoms with Gasteiger partial charge in [0.25, 0.3) is 0 Å². The van der Waals surface area contributed by atoms with E-state index >= 15 is 0 Å². The fraction of sp³-hybridized carbons (Fsp3) is 0.727. The highest BCUT2D eigenvalue weighted by molar-refractivity contribution is 5.78. The molecule has 0 aromatic heterocycles. The smallest absolute Gasteiger partial charge is 0.239 e. The van der Waals surface area contributed by atoms with E-state index in [0.29, 0.717) is 13.1 Å². The predicted octanol–water partition coefficient (Wildman–Crippen LogP) is 2.46. The Morgan fingerprint density at radius 1 is 1.47 bits per heavy atom. The van der Waals surface area contributed by atoms with Crippen molar-refractivity contribution in [3.63, 3.8) is 0 Å². The maximum atomic E-state index is 12.1. The molecule has 0 aliphatic carbocycles. The van der Waals surface area contributed by atoms with Crippen LogP contribution in [-0.4, -0.2) is 30.3 Å². The first kappa shape index (κ1) is 12.1. The van der Waals surface area contributed by atoms with Crippen LogP contribution in [0.5, 0.6) is 0 Å². The lowest BCUT2D eigenvalue weighted by Crippen LogP contribution is -2.39. The van der Waals surface area contributed by atoms with E-state index in [4.69, 9.17) is 0 Å². The lowest BCUT2D eigenvalue weighted by Gasteiger charge is -2.30. The largest absolute Gasteiger partial charge is 0.342 e. The van der Waals surface area contributed by atoms with Gasteiger partial charge in [-0.25, -0.2) is 8.78 Å². The second kappa shape index (κ2) is 5.24. The van der Waals surface area contributed by atoms with Crippen molar-refractivity contribution in [1.29, 1.82) is 0 Å². The number of piperidine rings is 1. The maximum absolute atomic E-state index is 12.1. The van der Waals surface area contributed by atoms with Gasteiger partial charge in [-0.3, -0.25) is 4.79 Å². The molecule has 2 nitrogen and oxygen atoms in total. The lowest BCUT2D eigenvalue weighted by atomic mass is 10.0. The van der Waals surface area contributed by atoms with Gasteiger partial charge in [-0.05, 0) is 12.8 Å². The third-order valence-electron chi connectivity index (χ3n) is 2.74. The minimum absolute atomic E-state index is 0.150. The highest BCUT2D eigenvalue weighted by Crippen LogP contribution is 2.19. The Labute approximate surface area is 88.9 Å². The number of alkyl halides is 2. The zero-order chi connectivity index (χ0) is 11.4. The molecule has 0 bridgehead atoms. The number of amides is 1. The number of likely N-dealkylation sites (tertiary alicyclic amines) is 1. The SMILES string of the molecule is C=C1CCN(C(=O)C(C)CC(F)F)CC1. The van der Waals surface area contributed by atoms with Gasteiger partial charge in [0.2, 0.25) is 12.3 Å². The lowest BCUT2D eigenvalue weighted by molar-refractivity contribution is -0.136. The van der Waals surface area contributed by atoms with Gasteiger partial charge in [0, 0.05) is 25.4 Å². The summed E-state index contributed by atoms with van der Waals surface area (Å²) in [7, 11) is 0. The monoisotopic (exact) mass is 217 g/mol.